The molecule has 1 heterocycles. The summed E-state index contributed by atoms with van der Waals surface area (Å²) in [6, 6.07) is 0. The first-order valence-corrected chi connectivity index (χ1v) is 7.65. The summed E-state index contributed by atoms with van der Waals surface area (Å²) in [5, 5.41) is 0. The van der Waals surface area contributed by atoms with Crippen LogP contribution in [0, 0.1) is 17.3 Å². The molecule has 0 radical (unpaired) electrons. The summed E-state index contributed by atoms with van der Waals surface area (Å²) in [5.74, 6) is -3.03. The third-order valence-electron chi connectivity index (χ3n) is 4.51. The van der Waals surface area contributed by atoms with E-state index in [1.807, 2.05) is 27.7 Å². The third kappa shape index (κ3) is 3.10. The van der Waals surface area contributed by atoms with Gasteiger partial charge in [0.25, 0.3) is 5.92 Å². The molecule has 3 rings (SSSR count). The number of alkyl halides is 2. The zero-order valence-electron chi connectivity index (χ0n) is 12.6. The first-order valence-electron chi connectivity index (χ1n) is 7.65. The summed E-state index contributed by atoms with van der Waals surface area (Å²) in [4.78, 5) is 2.23. The Kier molecular flexibility index (Phi) is 4.22. The molecule has 0 aromatic carbocycles. The molecule has 19 heavy (non-hydrogen) atoms. The van der Waals surface area contributed by atoms with Crippen molar-refractivity contribution in [1.29, 1.82) is 0 Å². The topological polar surface area (TPSA) is 12.5 Å². The van der Waals surface area contributed by atoms with Crippen LogP contribution in [0.2, 0.25) is 0 Å². The van der Waals surface area contributed by atoms with Crippen LogP contribution in [-0.4, -0.2) is 43.2 Å². The minimum Gasteiger partial charge on any atom is -0.378 e. The van der Waals surface area contributed by atoms with Gasteiger partial charge in [-0.15, -0.1) is 0 Å². The Hall–Kier alpha value is -0.220. The Morgan fingerprint density at radius 3 is 2.11 bits per heavy atom. The molecule has 2 unspecified atom stereocenters. The first kappa shape index (κ1) is 15.2. The molecule has 0 spiro atoms. The lowest BCUT2D eigenvalue weighted by Crippen LogP contribution is -2.35. The van der Waals surface area contributed by atoms with Gasteiger partial charge in [-0.3, -0.25) is 0 Å². The Balaban J connectivity index is 0.000000637. The van der Waals surface area contributed by atoms with Gasteiger partial charge >= 0.3 is 0 Å². The molecule has 2 nitrogen and oxygen atoms in total. The fourth-order valence-electron chi connectivity index (χ4n) is 3.06. The van der Waals surface area contributed by atoms with Crippen LogP contribution < -0.4 is 0 Å². The first-order chi connectivity index (χ1) is 8.93. The maximum absolute atomic E-state index is 13.1. The zero-order chi connectivity index (χ0) is 14.3. The van der Waals surface area contributed by atoms with Gasteiger partial charge in [-0.25, -0.2) is 8.78 Å². The van der Waals surface area contributed by atoms with Gasteiger partial charge in [0.2, 0.25) is 0 Å². The Labute approximate surface area is 115 Å². The van der Waals surface area contributed by atoms with Gasteiger partial charge in [-0.1, -0.05) is 13.8 Å². The van der Waals surface area contributed by atoms with E-state index >= 15 is 0 Å². The van der Waals surface area contributed by atoms with E-state index in [-0.39, 0.29) is 23.4 Å². The molecule has 0 amide bonds. The standard InChI is InChI=1S/C13H21F2NO.C2H6/c1-9(2)17-8-12(3-4-12)7-16-5-10-11(6-16)13(10,14)15;1-2/h9-11H,3-8H2,1-2H3;1-2H3. The number of hydrogen-bond donors (Lipinski definition) is 0. The Morgan fingerprint density at radius 1 is 1.16 bits per heavy atom. The lowest BCUT2D eigenvalue weighted by atomic mass is 10.1. The molecule has 0 aromatic heterocycles. The molecule has 4 heteroatoms. The van der Waals surface area contributed by atoms with Crippen LogP contribution in [0.1, 0.15) is 40.5 Å². The van der Waals surface area contributed by atoms with Crippen molar-refractivity contribution in [2.45, 2.75) is 52.6 Å². The monoisotopic (exact) mass is 275 g/mol. The normalized spacial score (nSPS) is 33.6. The molecule has 1 saturated heterocycles. The van der Waals surface area contributed by atoms with Crippen molar-refractivity contribution >= 4 is 0 Å². The molecule has 0 N–H and O–H groups in total. The van der Waals surface area contributed by atoms with E-state index in [1.165, 1.54) is 12.8 Å². The van der Waals surface area contributed by atoms with E-state index in [1.54, 1.807) is 0 Å². The van der Waals surface area contributed by atoms with E-state index in [0.717, 1.165) is 13.2 Å². The third-order valence-corrected chi connectivity index (χ3v) is 4.51. The van der Waals surface area contributed by atoms with E-state index < -0.39 is 5.92 Å². The van der Waals surface area contributed by atoms with E-state index in [2.05, 4.69) is 4.90 Å². The van der Waals surface area contributed by atoms with Crippen LogP contribution in [0.15, 0.2) is 0 Å². The van der Waals surface area contributed by atoms with Crippen LogP contribution in [0.4, 0.5) is 8.78 Å². The molecule has 112 valence electrons. The summed E-state index contributed by atoms with van der Waals surface area (Å²) < 4.78 is 31.8. The van der Waals surface area contributed by atoms with Crippen molar-refractivity contribution in [3.8, 4) is 0 Å². The predicted octanol–water partition coefficient (Wildman–Crippen LogP) is 3.41. The van der Waals surface area contributed by atoms with Crippen molar-refractivity contribution in [2.24, 2.45) is 17.3 Å². The highest BCUT2D eigenvalue weighted by Crippen LogP contribution is 2.60. The van der Waals surface area contributed by atoms with Crippen LogP contribution >= 0.6 is 0 Å². The van der Waals surface area contributed by atoms with Crippen molar-refractivity contribution in [3.05, 3.63) is 0 Å². The van der Waals surface area contributed by atoms with Gasteiger partial charge in [0.15, 0.2) is 0 Å². The summed E-state index contributed by atoms with van der Waals surface area (Å²) in [6.07, 6.45) is 2.66. The minimum atomic E-state index is -2.35. The van der Waals surface area contributed by atoms with E-state index in [4.69, 9.17) is 4.74 Å². The highest BCUT2D eigenvalue weighted by atomic mass is 19.3. The summed E-state index contributed by atoms with van der Waals surface area (Å²) in [6.45, 7) is 11.0. The maximum atomic E-state index is 13.1. The highest BCUT2D eigenvalue weighted by Gasteiger charge is 2.71. The summed E-state index contributed by atoms with van der Waals surface area (Å²) in [7, 11) is 0. The lowest BCUT2D eigenvalue weighted by Gasteiger charge is -2.26. The average molecular weight is 275 g/mol. The molecule has 0 aromatic rings. The van der Waals surface area contributed by atoms with Gasteiger partial charge < -0.3 is 9.64 Å². The molecule has 0 bridgehead atoms. The number of nitrogens with zero attached hydrogens (tertiary/aromatic N) is 1. The van der Waals surface area contributed by atoms with Crippen LogP contribution in [0.25, 0.3) is 0 Å². The van der Waals surface area contributed by atoms with E-state index in [9.17, 15) is 8.78 Å². The summed E-state index contributed by atoms with van der Waals surface area (Å²) >= 11 is 0. The predicted molar refractivity (Wildman–Crippen MR) is 72.5 cm³/mol. The van der Waals surface area contributed by atoms with Gasteiger partial charge in [-0.2, -0.15) is 0 Å². The fourth-order valence-corrected chi connectivity index (χ4v) is 3.06. The average Bonchev–Trinajstić information content (AvgIpc) is 3.14. The van der Waals surface area contributed by atoms with Crippen molar-refractivity contribution < 1.29 is 13.5 Å². The molecule has 1 aliphatic heterocycles. The number of rotatable bonds is 5. The van der Waals surface area contributed by atoms with Crippen LogP contribution in [0.3, 0.4) is 0 Å². The SMILES string of the molecule is CC.CC(C)OCC1(CN2CC3C(C2)C3(F)F)CC1. The largest absolute Gasteiger partial charge is 0.378 e. The molecular formula is C15H27F2NO. The molecule has 3 aliphatic rings. The number of halogens is 2. The van der Waals surface area contributed by atoms with Crippen molar-refractivity contribution in [1.82, 2.24) is 4.90 Å². The fraction of sp³-hybridized carbons (Fsp3) is 1.00. The second-order valence-electron chi connectivity index (χ2n) is 6.44. The van der Waals surface area contributed by atoms with Gasteiger partial charge in [0.1, 0.15) is 0 Å². The van der Waals surface area contributed by atoms with Crippen LogP contribution in [0.5, 0.6) is 0 Å². The maximum Gasteiger partial charge on any atom is 0.257 e. The number of likely N-dealkylation sites (tertiary alicyclic amines) is 1. The van der Waals surface area contributed by atoms with Crippen molar-refractivity contribution in [3.63, 3.8) is 0 Å². The molecular weight excluding hydrogens is 248 g/mol. The Bertz CT molecular complexity index is 301. The highest BCUT2D eigenvalue weighted by molar-refractivity contribution is 5.13. The van der Waals surface area contributed by atoms with Gasteiger partial charge in [-0.05, 0) is 26.7 Å². The zero-order valence-corrected chi connectivity index (χ0v) is 12.6. The number of piperidine rings is 1. The molecule has 2 aliphatic carbocycles. The second-order valence-corrected chi connectivity index (χ2v) is 6.44. The lowest BCUT2D eigenvalue weighted by molar-refractivity contribution is 0.0194. The quantitative estimate of drug-likeness (QED) is 0.762. The van der Waals surface area contributed by atoms with Gasteiger partial charge in [0, 0.05) is 36.9 Å². The molecule has 2 saturated carbocycles. The van der Waals surface area contributed by atoms with E-state index in [0.29, 0.717) is 13.1 Å². The number of hydrogen-bond acceptors (Lipinski definition) is 2. The molecule has 2 atom stereocenters. The van der Waals surface area contributed by atoms with Gasteiger partial charge in [0.05, 0.1) is 12.7 Å². The minimum absolute atomic E-state index is 0.267. The number of ether oxygens (including phenoxy) is 1. The van der Waals surface area contributed by atoms with Crippen LogP contribution in [-0.2, 0) is 4.74 Å². The molecule has 3 fully saturated rings. The smallest absolute Gasteiger partial charge is 0.257 e. The second kappa shape index (κ2) is 5.28. The summed E-state index contributed by atoms with van der Waals surface area (Å²) in [5.41, 5.74) is 0.288. The van der Waals surface area contributed by atoms with Crippen molar-refractivity contribution in [2.75, 3.05) is 26.2 Å². The Morgan fingerprint density at radius 2 is 1.68 bits per heavy atom. The number of fused-ring (bicyclic) bond motifs is 1.